The van der Waals surface area contributed by atoms with Crippen LogP contribution in [0.4, 0.5) is 5.69 Å². The van der Waals surface area contributed by atoms with Gasteiger partial charge in [-0.3, -0.25) is 4.99 Å². The molecular weight excluding hydrogens is 172 g/mol. The zero-order chi connectivity index (χ0) is 10.4. The van der Waals surface area contributed by atoms with Crippen LogP contribution in [0.5, 0.6) is 0 Å². The lowest BCUT2D eigenvalue weighted by atomic mass is 10.3. The van der Waals surface area contributed by atoms with Gasteiger partial charge in [0.05, 0.1) is 6.54 Å². The number of aliphatic imine (C=N–C) groups is 1. The lowest BCUT2D eigenvalue weighted by molar-refractivity contribution is 1.02. The maximum Gasteiger partial charge on any atom is 0.100 e. The first-order chi connectivity index (χ1) is 6.88. The highest BCUT2D eigenvalue weighted by Crippen LogP contribution is 2.16. The average molecular weight is 190 g/mol. The van der Waals surface area contributed by atoms with Crippen LogP contribution in [-0.4, -0.2) is 18.9 Å². The molecule has 0 bridgehead atoms. The van der Waals surface area contributed by atoms with Crippen LogP contribution in [0.15, 0.2) is 35.3 Å². The van der Waals surface area contributed by atoms with Crippen LogP contribution in [-0.2, 0) is 0 Å². The van der Waals surface area contributed by atoms with Gasteiger partial charge in [0, 0.05) is 12.2 Å². The summed E-state index contributed by atoms with van der Waals surface area (Å²) < 4.78 is 0. The minimum Gasteiger partial charge on any atom is -0.329 e. The van der Waals surface area contributed by atoms with Gasteiger partial charge in [0.25, 0.3) is 0 Å². The van der Waals surface area contributed by atoms with Crippen molar-refractivity contribution in [3.05, 3.63) is 30.3 Å². The second kappa shape index (κ2) is 5.43. The van der Waals surface area contributed by atoms with Crippen LogP contribution in [0.1, 0.15) is 20.8 Å². The van der Waals surface area contributed by atoms with Crippen LogP contribution in [0.25, 0.3) is 0 Å². The van der Waals surface area contributed by atoms with Gasteiger partial charge < -0.3 is 4.90 Å². The van der Waals surface area contributed by atoms with Crippen LogP contribution < -0.4 is 4.90 Å². The molecule has 2 nitrogen and oxygen atoms in total. The van der Waals surface area contributed by atoms with E-state index in [9.17, 15) is 0 Å². The summed E-state index contributed by atoms with van der Waals surface area (Å²) in [6.45, 7) is 8.01. The van der Waals surface area contributed by atoms with Crippen molar-refractivity contribution >= 4 is 11.5 Å². The lowest BCUT2D eigenvalue weighted by Crippen LogP contribution is -2.24. The Kier molecular flexibility index (Phi) is 4.17. The van der Waals surface area contributed by atoms with Gasteiger partial charge in [-0.2, -0.15) is 0 Å². The van der Waals surface area contributed by atoms with Crippen molar-refractivity contribution < 1.29 is 0 Å². The Hall–Kier alpha value is -1.31. The summed E-state index contributed by atoms with van der Waals surface area (Å²) in [6, 6.07) is 10.4. The van der Waals surface area contributed by atoms with Gasteiger partial charge in [-0.1, -0.05) is 32.0 Å². The van der Waals surface area contributed by atoms with Crippen molar-refractivity contribution in [3.8, 4) is 0 Å². The number of benzene rings is 1. The molecule has 0 aromatic heterocycles. The molecule has 1 aromatic rings. The zero-order valence-corrected chi connectivity index (χ0v) is 9.20. The number of amidine groups is 1. The summed E-state index contributed by atoms with van der Waals surface area (Å²) in [5.41, 5.74) is 1.25. The van der Waals surface area contributed by atoms with E-state index in [0.717, 1.165) is 18.9 Å². The summed E-state index contributed by atoms with van der Waals surface area (Å²) >= 11 is 0. The smallest absolute Gasteiger partial charge is 0.100 e. The number of rotatable bonds is 1. The van der Waals surface area contributed by atoms with Crippen LogP contribution in [0, 0.1) is 0 Å². The molecule has 1 aromatic carbocycles. The van der Waals surface area contributed by atoms with E-state index in [0.29, 0.717) is 0 Å². The second-order valence-electron chi connectivity index (χ2n) is 2.92. The molecule has 0 unspecified atom stereocenters. The molecule has 0 saturated carbocycles. The molecule has 0 N–H and O–H groups in total. The maximum atomic E-state index is 4.34. The first-order valence-corrected chi connectivity index (χ1v) is 5.21. The van der Waals surface area contributed by atoms with Crippen LogP contribution in [0.3, 0.4) is 0 Å². The van der Waals surface area contributed by atoms with Crippen molar-refractivity contribution in [2.24, 2.45) is 4.99 Å². The topological polar surface area (TPSA) is 15.6 Å². The van der Waals surface area contributed by atoms with E-state index in [2.05, 4.69) is 41.1 Å². The molecule has 0 amide bonds. The lowest BCUT2D eigenvalue weighted by Gasteiger charge is -2.17. The largest absolute Gasteiger partial charge is 0.329 e. The molecule has 2 rings (SSSR count). The fourth-order valence-electron chi connectivity index (χ4n) is 1.48. The fourth-order valence-corrected chi connectivity index (χ4v) is 1.48. The molecule has 1 aliphatic heterocycles. The molecule has 76 valence electrons. The molecule has 1 aliphatic rings. The van der Waals surface area contributed by atoms with Crippen molar-refractivity contribution in [3.63, 3.8) is 0 Å². The highest BCUT2D eigenvalue weighted by atomic mass is 15.2. The van der Waals surface area contributed by atoms with E-state index in [1.54, 1.807) is 0 Å². The molecule has 0 fully saturated rings. The molecule has 0 saturated heterocycles. The third-order valence-corrected chi connectivity index (χ3v) is 2.12. The predicted molar refractivity (Wildman–Crippen MR) is 63.1 cm³/mol. The van der Waals surface area contributed by atoms with E-state index >= 15 is 0 Å². The molecule has 2 heteroatoms. The Labute approximate surface area is 86.3 Å². The molecule has 0 atom stereocenters. The van der Waals surface area contributed by atoms with Gasteiger partial charge in [0.1, 0.15) is 5.84 Å². The van der Waals surface area contributed by atoms with Crippen molar-refractivity contribution in [1.82, 2.24) is 0 Å². The summed E-state index contributed by atoms with van der Waals surface area (Å²) in [5, 5.41) is 0. The number of anilines is 1. The molecule has 0 radical (unpaired) electrons. The van der Waals surface area contributed by atoms with Gasteiger partial charge >= 0.3 is 0 Å². The molecule has 1 heterocycles. The minimum atomic E-state index is 0.931. The van der Waals surface area contributed by atoms with Crippen molar-refractivity contribution in [2.45, 2.75) is 20.8 Å². The molecular formula is C12H18N2. The van der Waals surface area contributed by atoms with Crippen molar-refractivity contribution in [1.29, 1.82) is 0 Å². The predicted octanol–water partition coefficient (Wildman–Crippen LogP) is 2.95. The fraction of sp³-hybridized carbons (Fsp3) is 0.417. The summed E-state index contributed by atoms with van der Waals surface area (Å²) in [7, 11) is 0. The van der Waals surface area contributed by atoms with E-state index in [1.165, 1.54) is 5.69 Å². The van der Waals surface area contributed by atoms with Gasteiger partial charge in [0.2, 0.25) is 0 Å². The zero-order valence-electron chi connectivity index (χ0n) is 9.20. The monoisotopic (exact) mass is 190 g/mol. The highest BCUT2D eigenvalue weighted by molar-refractivity contribution is 5.97. The quantitative estimate of drug-likeness (QED) is 0.664. The second-order valence-corrected chi connectivity index (χ2v) is 2.92. The van der Waals surface area contributed by atoms with Gasteiger partial charge in [-0.25, -0.2) is 0 Å². The first kappa shape index (κ1) is 10.8. The molecule has 14 heavy (non-hydrogen) atoms. The average Bonchev–Trinajstić information content (AvgIpc) is 2.69. The normalized spacial score (nSPS) is 14.5. The minimum absolute atomic E-state index is 0.931. The van der Waals surface area contributed by atoms with E-state index < -0.39 is 0 Å². The summed E-state index contributed by atoms with van der Waals surface area (Å²) in [4.78, 5) is 6.57. The number of nitrogens with zero attached hydrogens (tertiary/aromatic N) is 2. The van der Waals surface area contributed by atoms with E-state index in [-0.39, 0.29) is 0 Å². The SMILES string of the molecule is CC.CC1=NCCN1c1ccccc1. The number of hydrogen-bond donors (Lipinski definition) is 0. The van der Waals surface area contributed by atoms with E-state index in [4.69, 9.17) is 0 Å². The Morgan fingerprint density at radius 1 is 1.14 bits per heavy atom. The van der Waals surface area contributed by atoms with Gasteiger partial charge in [-0.05, 0) is 19.1 Å². The standard InChI is InChI=1S/C10H12N2.C2H6/c1-9-11-7-8-12(9)10-5-3-2-4-6-10;1-2/h2-6H,7-8H2,1H3;1-2H3. The van der Waals surface area contributed by atoms with Crippen LogP contribution in [0.2, 0.25) is 0 Å². The van der Waals surface area contributed by atoms with E-state index in [1.807, 2.05) is 19.9 Å². The maximum absolute atomic E-state index is 4.34. The third kappa shape index (κ3) is 2.34. The Bertz CT molecular complexity index is 290. The number of para-hydroxylation sites is 1. The number of hydrogen-bond acceptors (Lipinski definition) is 2. The third-order valence-electron chi connectivity index (χ3n) is 2.12. The summed E-state index contributed by atoms with van der Waals surface area (Å²) in [5.74, 6) is 1.13. The summed E-state index contributed by atoms with van der Waals surface area (Å²) in [6.07, 6.45) is 0. The molecule has 0 spiro atoms. The Morgan fingerprint density at radius 3 is 2.29 bits per heavy atom. The highest BCUT2D eigenvalue weighted by Gasteiger charge is 2.12. The van der Waals surface area contributed by atoms with Crippen LogP contribution >= 0.6 is 0 Å². The Balaban J connectivity index is 0.000000461. The van der Waals surface area contributed by atoms with Gasteiger partial charge in [-0.15, -0.1) is 0 Å². The van der Waals surface area contributed by atoms with Gasteiger partial charge in [0.15, 0.2) is 0 Å². The molecule has 0 aliphatic carbocycles. The Morgan fingerprint density at radius 2 is 1.79 bits per heavy atom. The first-order valence-electron chi connectivity index (χ1n) is 5.21. The van der Waals surface area contributed by atoms with Crippen molar-refractivity contribution in [2.75, 3.05) is 18.0 Å².